The number of hydrogen-bond donors (Lipinski definition) is 1. The summed E-state index contributed by atoms with van der Waals surface area (Å²) in [5.74, 6) is -0.478. The summed E-state index contributed by atoms with van der Waals surface area (Å²) in [5.41, 5.74) is 0.415. The van der Waals surface area contributed by atoms with Crippen LogP contribution in [-0.2, 0) is 17.5 Å². The molecule has 162 valence electrons. The van der Waals surface area contributed by atoms with Crippen molar-refractivity contribution in [1.82, 2.24) is 4.90 Å². The number of fused-ring (bicyclic) bond motifs is 1. The van der Waals surface area contributed by atoms with Gasteiger partial charge in [0.1, 0.15) is 0 Å². The first-order valence-corrected chi connectivity index (χ1v) is 10.6. The lowest BCUT2D eigenvalue weighted by Crippen LogP contribution is -2.37. The van der Waals surface area contributed by atoms with E-state index in [1.54, 1.807) is 0 Å². The number of carbonyl (C=O) groups excluding carboxylic acids is 1. The van der Waals surface area contributed by atoms with Gasteiger partial charge in [-0.1, -0.05) is 54.1 Å². The molecule has 0 aromatic heterocycles. The van der Waals surface area contributed by atoms with Crippen LogP contribution in [-0.4, -0.2) is 23.9 Å². The average Bonchev–Trinajstić information content (AvgIpc) is 2.75. The van der Waals surface area contributed by atoms with Gasteiger partial charge in [-0.25, -0.2) is 0 Å². The van der Waals surface area contributed by atoms with Crippen molar-refractivity contribution < 1.29 is 18.0 Å². The zero-order valence-corrected chi connectivity index (χ0v) is 17.5. The predicted octanol–water partition coefficient (Wildman–Crippen LogP) is 6.36. The average molecular weight is 447 g/mol. The number of amides is 1. The Kier molecular flexibility index (Phi) is 6.21. The lowest BCUT2D eigenvalue weighted by atomic mass is 9.95. The van der Waals surface area contributed by atoms with Crippen LogP contribution in [0.3, 0.4) is 0 Å². The van der Waals surface area contributed by atoms with E-state index in [2.05, 4.69) is 40.5 Å². The van der Waals surface area contributed by atoms with Gasteiger partial charge in [0.25, 0.3) is 0 Å². The molecule has 0 bridgehead atoms. The lowest BCUT2D eigenvalue weighted by molar-refractivity contribution is -0.137. The Balaban J connectivity index is 1.36. The Morgan fingerprint density at radius 2 is 1.74 bits per heavy atom. The molecule has 0 aliphatic carbocycles. The van der Waals surface area contributed by atoms with Crippen molar-refractivity contribution in [2.45, 2.75) is 25.6 Å². The number of alkyl halides is 3. The maximum atomic E-state index is 13.0. The van der Waals surface area contributed by atoms with Crippen molar-refractivity contribution >= 4 is 34.0 Å². The van der Waals surface area contributed by atoms with Crippen LogP contribution in [0.2, 0.25) is 5.02 Å². The highest BCUT2D eigenvalue weighted by Crippen LogP contribution is 2.36. The maximum absolute atomic E-state index is 13.0. The normalized spacial score (nSPS) is 15.9. The fourth-order valence-corrected chi connectivity index (χ4v) is 4.31. The summed E-state index contributed by atoms with van der Waals surface area (Å²) < 4.78 is 39.1. The Labute approximate surface area is 183 Å². The van der Waals surface area contributed by atoms with E-state index in [0.717, 1.165) is 31.8 Å². The lowest BCUT2D eigenvalue weighted by Gasteiger charge is -2.31. The number of nitrogens with one attached hydrogen (secondary N) is 1. The van der Waals surface area contributed by atoms with E-state index >= 15 is 0 Å². The van der Waals surface area contributed by atoms with E-state index in [9.17, 15) is 18.0 Å². The summed E-state index contributed by atoms with van der Waals surface area (Å²) in [6.07, 6.45) is -3.24. The number of piperidine rings is 1. The van der Waals surface area contributed by atoms with Crippen molar-refractivity contribution in [2.24, 2.45) is 5.92 Å². The fourth-order valence-electron chi connectivity index (χ4n) is 4.09. The van der Waals surface area contributed by atoms with Crippen LogP contribution < -0.4 is 5.32 Å². The van der Waals surface area contributed by atoms with Crippen LogP contribution in [0.15, 0.2) is 60.7 Å². The summed E-state index contributed by atoms with van der Waals surface area (Å²) in [7, 11) is 0. The monoisotopic (exact) mass is 446 g/mol. The summed E-state index contributed by atoms with van der Waals surface area (Å²) >= 11 is 5.65. The fraction of sp³-hybridized carbons (Fsp3) is 0.292. The van der Waals surface area contributed by atoms with E-state index in [-0.39, 0.29) is 22.5 Å². The number of halogens is 4. The molecule has 0 saturated carbocycles. The van der Waals surface area contributed by atoms with Gasteiger partial charge in [-0.05, 0) is 60.5 Å². The van der Waals surface area contributed by atoms with Crippen LogP contribution in [0.4, 0.5) is 18.9 Å². The van der Waals surface area contributed by atoms with Gasteiger partial charge in [0, 0.05) is 18.2 Å². The Morgan fingerprint density at radius 3 is 2.48 bits per heavy atom. The molecule has 1 fully saturated rings. The molecule has 7 heteroatoms. The molecule has 3 aromatic rings. The highest BCUT2D eigenvalue weighted by molar-refractivity contribution is 6.31. The van der Waals surface area contributed by atoms with Gasteiger partial charge in [-0.2, -0.15) is 13.2 Å². The van der Waals surface area contributed by atoms with E-state index in [1.807, 2.05) is 12.1 Å². The first-order valence-electron chi connectivity index (χ1n) is 10.2. The molecule has 3 aromatic carbocycles. The molecule has 0 spiro atoms. The number of benzene rings is 3. The third-order valence-corrected chi connectivity index (χ3v) is 6.10. The van der Waals surface area contributed by atoms with Crippen LogP contribution in [0.25, 0.3) is 10.8 Å². The molecule has 1 heterocycles. The number of likely N-dealkylation sites (tertiary alicyclic amines) is 1. The molecule has 3 nitrogen and oxygen atoms in total. The van der Waals surface area contributed by atoms with Crippen molar-refractivity contribution in [3.63, 3.8) is 0 Å². The molecule has 1 N–H and O–H groups in total. The number of rotatable bonds is 4. The molecule has 1 amide bonds. The van der Waals surface area contributed by atoms with Crippen molar-refractivity contribution in [2.75, 3.05) is 18.4 Å². The Hall–Kier alpha value is -2.57. The number of nitrogens with zero attached hydrogens (tertiary/aromatic N) is 1. The van der Waals surface area contributed by atoms with Gasteiger partial charge in [0.2, 0.25) is 5.91 Å². The van der Waals surface area contributed by atoms with E-state index < -0.39 is 11.7 Å². The molecule has 0 atom stereocenters. The molecular weight excluding hydrogens is 425 g/mol. The summed E-state index contributed by atoms with van der Waals surface area (Å²) in [6, 6.07) is 18.0. The summed E-state index contributed by atoms with van der Waals surface area (Å²) in [4.78, 5) is 14.9. The molecule has 1 aliphatic rings. The van der Waals surface area contributed by atoms with E-state index in [0.29, 0.717) is 12.8 Å². The Bertz CT molecular complexity index is 1090. The number of anilines is 1. The van der Waals surface area contributed by atoms with Crippen molar-refractivity contribution in [3.8, 4) is 0 Å². The molecule has 31 heavy (non-hydrogen) atoms. The van der Waals surface area contributed by atoms with Crippen molar-refractivity contribution in [1.29, 1.82) is 0 Å². The van der Waals surface area contributed by atoms with Crippen LogP contribution in [0.1, 0.15) is 24.0 Å². The van der Waals surface area contributed by atoms with Crippen LogP contribution in [0.5, 0.6) is 0 Å². The minimum Gasteiger partial charge on any atom is -0.326 e. The van der Waals surface area contributed by atoms with Crippen LogP contribution in [0, 0.1) is 5.92 Å². The minimum absolute atomic E-state index is 0.111. The third kappa shape index (κ3) is 5.02. The topological polar surface area (TPSA) is 32.3 Å². The first kappa shape index (κ1) is 21.7. The molecular formula is C24H22ClF3N2O. The van der Waals surface area contributed by atoms with Gasteiger partial charge in [-0.3, -0.25) is 9.69 Å². The second-order valence-electron chi connectivity index (χ2n) is 7.87. The minimum atomic E-state index is -4.56. The van der Waals surface area contributed by atoms with Gasteiger partial charge >= 0.3 is 6.18 Å². The second kappa shape index (κ2) is 8.89. The molecule has 0 radical (unpaired) electrons. The highest BCUT2D eigenvalue weighted by atomic mass is 35.5. The zero-order chi connectivity index (χ0) is 22.0. The standard InChI is InChI=1S/C24H22ClF3N2O/c25-22-9-8-19(14-21(22)24(26,27)28)29-23(31)17-10-12-30(13-11-17)15-18-6-3-5-16-4-1-2-7-20(16)18/h1-9,14,17H,10-13,15H2,(H,29,31). The van der Waals surface area contributed by atoms with Crippen LogP contribution >= 0.6 is 11.6 Å². The number of carbonyl (C=O) groups is 1. The van der Waals surface area contributed by atoms with Gasteiger partial charge in [0.15, 0.2) is 0 Å². The summed E-state index contributed by atoms with van der Waals surface area (Å²) in [5, 5.41) is 4.68. The summed E-state index contributed by atoms with van der Waals surface area (Å²) in [6.45, 7) is 2.33. The molecule has 0 unspecified atom stereocenters. The smallest absolute Gasteiger partial charge is 0.326 e. The zero-order valence-electron chi connectivity index (χ0n) is 16.8. The quantitative estimate of drug-likeness (QED) is 0.505. The Morgan fingerprint density at radius 1 is 1.03 bits per heavy atom. The first-order chi connectivity index (χ1) is 14.8. The maximum Gasteiger partial charge on any atom is 0.417 e. The molecule has 1 aliphatic heterocycles. The number of hydrogen-bond acceptors (Lipinski definition) is 2. The van der Waals surface area contributed by atoms with E-state index in [1.165, 1.54) is 22.4 Å². The van der Waals surface area contributed by atoms with Crippen molar-refractivity contribution in [3.05, 3.63) is 76.8 Å². The largest absolute Gasteiger partial charge is 0.417 e. The molecule has 4 rings (SSSR count). The van der Waals surface area contributed by atoms with Gasteiger partial charge in [0.05, 0.1) is 10.6 Å². The molecule has 1 saturated heterocycles. The predicted molar refractivity (Wildman–Crippen MR) is 117 cm³/mol. The van der Waals surface area contributed by atoms with E-state index in [4.69, 9.17) is 11.6 Å². The highest BCUT2D eigenvalue weighted by Gasteiger charge is 2.34. The second-order valence-corrected chi connectivity index (χ2v) is 8.28. The van der Waals surface area contributed by atoms with Gasteiger partial charge < -0.3 is 5.32 Å². The SMILES string of the molecule is O=C(Nc1ccc(Cl)c(C(F)(F)F)c1)C1CCN(Cc2cccc3ccccc23)CC1. The third-order valence-electron chi connectivity index (χ3n) is 5.77. The van der Waals surface area contributed by atoms with Gasteiger partial charge in [-0.15, -0.1) is 0 Å².